The van der Waals surface area contributed by atoms with Crippen LogP contribution in [0.15, 0.2) is 12.1 Å². The standard InChI is InChI=1S/C17H23Cl2NO/c1-2-11-4-3-5-13(8-11)20-16-6-7-21-17-14(16)9-12(18)10-15(17)19/h9-11,13,16,20H,2-8H2,1H3. The molecule has 3 rings (SSSR count). The first kappa shape index (κ1) is 15.5. The molecule has 1 fully saturated rings. The molecule has 1 saturated carbocycles. The van der Waals surface area contributed by atoms with Crippen LogP contribution in [0.3, 0.4) is 0 Å². The van der Waals surface area contributed by atoms with E-state index in [4.69, 9.17) is 27.9 Å². The van der Waals surface area contributed by atoms with Crippen LogP contribution in [0, 0.1) is 5.92 Å². The van der Waals surface area contributed by atoms with Crippen LogP contribution in [0.1, 0.15) is 57.1 Å². The number of hydrogen-bond acceptors (Lipinski definition) is 2. The summed E-state index contributed by atoms with van der Waals surface area (Å²) >= 11 is 12.4. The van der Waals surface area contributed by atoms with E-state index in [-0.39, 0.29) is 0 Å². The van der Waals surface area contributed by atoms with Crippen molar-refractivity contribution in [3.8, 4) is 5.75 Å². The summed E-state index contributed by atoms with van der Waals surface area (Å²) in [6.07, 6.45) is 7.56. The molecule has 1 N–H and O–H groups in total. The van der Waals surface area contributed by atoms with E-state index in [1.54, 1.807) is 6.07 Å². The highest BCUT2D eigenvalue weighted by Crippen LogP contribution is 2.40. The first-order valence-electron chi connectivity index (χ1n) is 8.05. The Bertz CT molecular complexity index is 506. The third kappa shape index (κ3) is 3.49. The summed E-state index contributed by atoms with van der Waals surface area (Å²) in [6, 6.07) is 4.68. The molecule has 3 unspecified atom stereocenters. The Hall–Kier alpha value is -0.440. The van der Waals surface area contributed by atoms with E-state index in [0.717, 1.165) is 30.3 Å². The third-order valence-electron chi connectivity index (χ3n) is 4.86. The van der Waals surface area contributed by atoms with Crippen LogP contribution in [-0.4, -0.2) is 12.6 Å². The number of nitrogens with one attached hydrogen (secondary N) is 1. The van der Waals surface area contributed by atoms with Crippen LogP contribution in [0.25, 0.3) is 0 Å². The van der Waals surface area contributed by atoms with E-state index in [0.29, 0.717) is 22.1 Å². The predicted molar refractivity (Wildman–Crippen MR) is 88.5 cm³/mol. The van der Waals surface area contributed by atoms with Crippen LogP contribution in [0.2, 0.25) is 10.0 Å². The first-order valence-corrected chi connectivity index (χ1v) is 8.80. The van der Waals surface area contributed by atoms with Gasteiger partial charge >= 0.3 is 0 Å². The lowest BCUT2D eigenvalue weighted by molar-refractivity contribution is 0.215. The molecule has 0 saturated heterocycles. The topological polar surface area (TPSA) is 21.3 Å². The van der Waals surface area contributed by atoms with Gasteiger partial charge in [-0.05, 0) is 30.9 Å². The maximum atomic E-state index is 6.26. The molecule has 0 spiro atoms. The molecule has 1 aliphatic heterocycles. The molecule has 116 valence electrons. The fraction of sp³-hybridized carbons (Fsp3) is 0.647. The van der Waals surface area contributed by atoms with Gasteiger partial charge in [-0.25, -0.2) is 0 Å². The van der Waals surface area contributed by atoms with Crippen LogP contribution in [0.4, 0.5) is 0 Å². The molecule has 2 nitrogen and oxygen atoms in total. The molecule has 1 heterocycles. The number of rotatable bonds is 3. The molecule has 4 heteroatoms. The minimum Gasteiger partial charge on any atom is -0.492 e. The highest BCUT2D eigenvalue weighted by molar-refractivity contribution is 6.35. The zero-order valence-corrected chi connectivity index (χ0v) is 14.0. The number of hydrogen-bond donors (Lipinski definition) is 1. The van der Waals surface area contributed by atoms with Gasteiger partial charge in [0.05, 0.1) is 11.6 Å². The van der Waals surface area contributed by atoms with Gasteiger partial charge in [0.25, 0.3) is 0 Å². The van der Waals surface area contributed by atoms with Crippen molar-refractivity contribution in [2.24, 2.45) is 5.92 Å². The Labute approximate surface area is 137 Å². The Kier molecular flexibility index (Phi) is 4.98. The van der Waals surface area contributed by atoms with E-state index in [1.807, 2.05) is 6.07 Å². The molecule has 3 atom stereocenters. The smallest absolute Gasteiger partial charge is 0.142 e. The average molecular weight is 328 g/mol. The van der Waals surface area contributed by atoms with Crippen molar-refractivity contribution in [3.05, 3.63) is 27.7 Å². The summed E-state index contributed by atoms with van der Waals surface area (Å²) in [5.74, 6) is 1.69. The fourth-order valence-electron chi connectivity index (χ4n) is 3.70. The van der Waals surface area contributed by atoms with Crippen LogP contribution >= 0.6 is 23.2 Å². The normalized spacial score (nSPS) is 28.8. The lowest BCUT2D eigenvalue weighted by Crippen LogP contribution is -2.38. The summed E-state index contributed by atoms with van der Waals surface area (Å²) in [5.41, 5.74) is 1.12. The lowest BCUT2D eigenvalue weighted by Gasteiger charge is -2.35. The summed E-state index contributed by atoms with van der Waals surface area (Å²) in [6.45, 7) is 3.02. The Morgan fingerprint density at radius 2 is 2.10 bits per heavy atom. The van der Waals surface area contributed by atoms with Gasteiger partial charge in [-0.2, -0.15) is 0 Å². The Morgan fingerprint density at radius 1 is 1.24 bits per heavy atom. The first-order chi connectivity index (χ1) is 10.2. The monoisotopic (exact) mass is 327 g/mol. The molecule has 0 amide bonds. The molecule has 1 aliphatic carbocycles. The minimum atomic E-state index is 0.311. The fourth-order valence-corrected chi connectivity index (χ4v) is 4.26. The van der Waals surface area contributed by atoms with Gasteiger partial charge in [-0.1, -0.05) is 49.4 Å². The number of halogens is 2. The van der Waals surface area contributed by atoms with E-state index in [9.17, 15) is 0 Å². The average Bonchev–Trinajstić information content (AvgIpc) is 2.48. The number of ether oxygens (including phenoxy) is 1. The summed E-state index contributed by atoms with van der Waals surface area (Å²) in [4.78, 5) is 0. The number of benzene rings is 1. The molecule has 1 aromatic carbocycles. The zero-order chi connectivity index (χ0) is 14.8. The highest BCUT2D eigenvalue weighted by atomic mass is 35.5. The zero-order valence-electron chi connectivity index (χ0n) is 12.5. The SMILES string of the molecule is CCC1CCCC(NC2CCOc3c(Cl)cc(Cl)cc32)C1. The van der Waals surface area contributed by atoms with Crippen molar-refractivity contribution in [1.82, 2.24) is 5.32 Å². The third-order valence-corrected chi connectivity index (χ3v) is 5.36. The van der Waals surface area contributed by atoms with Crippen LogP contribution < -0.4 is 10.1 Å². The van der Waals surface area contributed by atoms with Gasteiger partial charge in [-0.3, -0.25) is 0 Å². The second-order valence-electron chi connectivity index (χ2n) is 6.30. The maximum absolute atomic E-state index is 6.26. The molecule has 0 bridgehead atoms. The second-order valence-corrected chi connectivity index (χ2v) is 7.14. The number of fused-ring (bicyclic) bond motifs is 1. The van der Waals surface area contributed by atoms with Crippen molar-refractivity contribution in [2.75, 3.05) is 6.61 Å². The summed E-state index contributed by atoms with van der Waals surface area (Å²) < 4.78 is 5.74. The van der Waals surface area contributed by atoms with Gasteiger partial charge in [-0.15, -0.1) is 0 Å². The van der Waals surface area contributed by atoms with Gasteiger partial charge in [0, 0.05) is 29.1 Å². The van der Waals surface area contributed by atoms with Crippen molar-refractivity contribution in [1.29, 1.82) is 0 Å². The largest absolute Gasteiger partial charge is 0.492 e. The lowest BCUT2D eigenvalue weighted by atomic mass is 9.83. The molecule has 2 aliphatic rings. The molecule has 21 heavy (non-hydrogen) atoms. The molecule has 0 radical (unpaired) electrons. The Balaban J connectivity index is 1.76. The van der Waals surface area contributed by atoms with Gasteiger partial charge in [0.15, 0.2) is 0 Å². The quantitative estimate of drug-likeness (QED) is 0.805. The summed E-state index contributed by atoms with van der Waals surface area (Å²) in [7, 11) is 0. The molecule has 0 aromatic heterocycles. The molecular formula is C17H23Cl2NO. The molecular weight excluding hydrogens is 305 g/mol. The molecule has 1 aromatic rings. The van der Waals surface area contributed by atoms with E-state index in [1.165, 1.54) is 32.1 Å². The van der Waals surface area contributed by atoms with Crippen molar-refractivity contribution in [2.45, 2.75) is 57.5 Å². The summed E-state index contributed by atoms with van der Waals surface area (Å²) in [5, 5.41) is 5.15. The van der Waals surface area contributed by atoms with Crippen molar-refractivity contribution >= 4 is 23.2 Å². The highest BCUT2D eigenvalue weighted by Gasteiger charge is 2.28. The van der Waals surface area contributed by atoms with E-state index < -0.39 is 0 Å². The van der Waals surface area contributed by atoms with E-state index >= 15 is 0 Å². The minimum absolute atomic E-state index is 0.311. The van der Waals surface area contributed by atoms with Gasteiger partial charge in [0.1, 0.15) is 5.75 Å². The van der Waals surface area contributed by atoms with Crippen LogP contribution in [0.5, 0.6) is 5.75 Å². The van der Waals surface area contributed by atoms with Crippen molar-refractivity contribution < 1.29 is 4.74 Å². The second kappa shape index (κ2) is 6.76. The maximum Gasteiger partial charge on any atom is 0.142 e. The predicted octanol–water partition coefficient (Wildman–Crippen LogP) is 5.38. The van der Waals surface area contributed by atoms with Gasteiger partial charge in [0.2, 0.25) is 0 Å². The van der Waals surface area contributed by atoms with Crippen molar-refractivity contribution in [3.63, 3.8) is 0 Å². The van der Waals surface area contributed by atoms with Gasteiger partial charge < -0.3 is 10.1 Å². The Morgan fingerprint density at radius 3 is 2.90 bits per heavy atom. The van der Waals surface area contributed by atoms with E-state index in [2.05, 4.69) is 12.2 Å². The van der Waals surface area contributed by atoms with Crippen LogP contribution in [-0.2, 0) is 0 Å².